The number of amides is 2. The van der Waals surface area contributed by atoms with Gasteiger partial charge in [-0.1, -0.05) is 24.3 Å². The molecule has 0 spiro atoms. The van der Waals surface area contributed by atoms with Crippen LogP contribution in [0.5, 0.6) is 11.5 Å². The normalized spacial score (nSPS) is 10.9. The molecule has 0 radical (unpaired) electrons. The van der Waals surface area contributed by atoms with E-state index in [2.05, 4.69) is 15.8 Å². The van der Waals surface area contributed by atoms with Gasteiger partial charge in [0.15, 0.2) is 0 Å². The first-order chi connectivity index (χ1) is 13.5. The topological polar surface area (TPSA) is 89.0 Å². The lowest BCUT2D eigenvalue weighted by Crippen LogP contribution is -2.26. The lowest BCUT2D eigenvalue weighted by Gasteiger charge is -2.07. The van der Waals surface area contributed by atoms with Crippen LogP contribution in [-0.2, 0) is 22.6 Å². The number of benzene rings is 2. The summed E-state index contributed by atoms with van der Waals surface area (Å²) >= 11 is 0. The smallest absolute Gasteiger partial charge is 0.244 e. The second-order valence-corrected chi connectivity index (χ2v) is 6.21. The van der Waals surface area contributed by atoms with Crippen molar-refractivity contribution in [3.63, 3.8) is 0 Å². The van der Waals surface area contributed by atoms with Gasteiger partial charge in [0, 0.05) is 12.3 Å². The first-order valence-corrected chi connectivity index (χ1v) is 8.84. The van der Waals surface area contributed by atoms with E-state index < -0.39 is 0 Å². The van der Waals surface area contributed by atoms with E-state index in [-0.39, 0.29) is 24.7 Å². The molecule has 0 unspecified atom stereocenters. The van der Waals surface area contributed by atoms with Crippen LogP contribution in [0.3, 0.4) is 0 Å². The molecule has 0 aliphatic carbocycles. The van der Waals surface area contributed by atoms with E-state index in [1.807, 2.05) is 36.4 Å². The average molecular weight is 383 g/mol. The summed E-state index contributed by atoms with van der Waals surface area (Å²) in [4.78, 5) is 24.0. The Hall–Kier alpha value is -3.35. The van der Waals surface area contributed by atoms with Crippen molar-refractivity contribution in [2.24, 2.45) is 5.10 Å². The number of hydrogen-bond acceptors (Lipinski definition) is 5. The molecule has 0 saturated carbocycles. The van der Waals surface area contributed by atoms with E-state index in [1.54, 1.807) is 33.3 Å². The number of nitrogens with one attached hydrogen (secondary N) is 2. The molecule has 2 rings (SSSR count). The van der Waals surface area contributed by atoms with Crippen LogP contribution in [0.2, 0.25) is 0 Å². The lowest BCUT2D eigenvalue weighted by atomic mass is 10.1. The highest BCUT2D eigenvalue weighted by Crippen LogP contribution is 2.12. The Kier molecular flexibility index (Phi) is 8.02. The van der Waals surface area contributed by atoms with Gasteiger partial charge in [0.05, 0.1) is 27.1 Å². The highest BCUT2D eigenvalue weighted by Gasteiger charge is 2.06. The van der Waals surface area contributed by atoms with Crippen LogP contribution in [-0.4, -0.2) is 31.7 Å². The molecular weight excluding hydrogens is 358 g/mol. The minimum absolute atomic E-state index is 0.110. The van der Waals surface area contributed by atoms with Gasteiger partial charge >= 0.3 is 0 Å². The van der Waals surface area contributed by atoms with Gasteiger partial charge in [-0.2, -0.15) is 5.10 Å². The molecule has 0 fully saturated rings. The van der Waals surface area contributed by atoms with E-state index >= 15 is 0 Å². The Morgan fingerprint density at radius 3 is 1.93 bits per heavy atom. The van der Waals surface area contributed by atoms with Crippen molar-refractivity contribution in [3.8, 4) is 11.5 Å². The molecule has 7 nitrogen and oxygen atoms in total. The van der Waals surface area contributed by atoms with Crippen molar-refractivity contribution in [1.82, 2.24) is 10.7 Å². The number of methoxy groups -OCH3 is 2. The van der Waals surface area contributed by atoms with Crippen LogP contribution < -0.4 is 20.2 Å². The van der Waals surface area contributed by atoms with Crippen LogP contribution in [0.4, 0.5) is 0 Å². The summed E-state index contributed by atoms with van der Waals surface area (Å²) in [5.74, 6) is 1.09. The van der Waals surface area contributed by atoms with Gasteiger partial charge in [-0.25, -0.2) is 5.43 Å². The summed E-state index contributed by atoms with van der Waals surface area (Å²) in [7, 11) is 3.20. The fraction of sp³-hybridized carbons (Fsp3) is 0.286. The summed E-state index contributed by atoms with van der Waals surface area (Å²) in [6.45, 7) is 2.11. The molecule has 7 heteroatoms. The van der Waals surface area contributed by atoms with Crippen molar-refractivity contribution < 1.29 is 19.1 Å². The second kappa shape index (κ2) is 10.7. The maximum Gasteiger partial charge on any atom is 0.244 e. The van der Waals surface area contributed by atoms with Crippen LogP contribution >= 0.6 is 0 Å². The van der Waals surface area contributed by atoms with Gasteiger partial charge in [-0.3, -0.25) is 9.59 Å². The Bertz CT molecular complexity index is 815. The van der Waals surface area contributed by atoms with Crippen molar-refractivity contribution in [2.75, 3.05) is 14.2 Å². The third kappa shape index (κ3) is 7.11. The zero-order valence-corrected chi connectivity index (χ0v) is 16.3. The maximum atomic E-state index is 12.0. The Morgan fingerprint density at radius 2 is 1.39 bits per heavy atom. The van der Waals surface area contributed by atoms with Crippen molar-refractivity contribution in [2.45, 2.75) is 26.3 Å². The third-order valence-corrected chi connectivity index (χ3v) is 3.96. The lowest BCUT2D eigenvalue weighted by molar-refractivity contribution is -0.121. The molecule has 0 aliphatic heterocycles. The number of hydrogen-bond donors (Lipinski definition) is 2. The first-order valence-electron chi connectivity index (χ1n) is 8.84. The van der Waals surface area contributed by atoms with Crippen LogP contribution in [0, 0.1) is 0 Å². The first kappa shape index (κ1) is 21.0. The monoisotopic (exact) mass is 383 g/mol. The third-order valence-electron chi connectivity index (χ3n) is 3.96. The second-order valence-electron chi connectivity index (χ2n) is 6.21. The number of ether oxygens (including phenoxy) is 2. The van der Waals surface area contributed by atoms with Crippen LogP contribution in [0.25, 0.3) is 0 Å². The van der Waals surface area contributed by atoms with Gasteiger partial charge in [0.1, 0.15) is 11.5 Å². The number of carbonyl (C=O) groups excluding carboxylic acids is 2. The maximum absolute atomic E-state index is 12.0. The predicted octanol–water partition coefficient (Wildman–Crippen LogP) is 2.44. The standard InChI is InChI=1S/C21H25N3O4/c1-15(12-20(25)22-14-17-6-10-19(28-3)11-7-17)23-24-21(26)13-16-4-8-18(27-2)9-5-16/h4-11H,12-14H2,1-3H3,(H,22,25)(H,24,26). The molecule has 2 amide bonds. The zero-order chi connectivity index (χ0) is 20.4. The van der Waals surface area contributed by atoms with E-state index in [9.17, 15) is 9.59 Å². The summed E-state index contributed by atoms with van der Waals surface area (Å²) in [6, 6.07) is 14.7. The Balaban J connectivity index is 1.73. The van der Waals surface area contributed by atoms with Gasteiger partial charge in [-0.05, 0) is 42.3 Å². The molecule has 2 N–H and O–H groups in total. The molecule has 0 heterocycles. The SMILES string of the molecule is COc1ccc(CNC(=O)CC(C)=NNC(=O)Cc2ccc(OC)cc2)cc1. The highest BCUT2D eigenvalue weighted by atomic mass is 16.5. The molecule has 2 aromatic rings. The highest BCUT2D eigenvalue weighted by molar-refractivity contribution is 6.00. The summed E-state index contributed by atoms with van der Waals surface area (Å²) in [5.41, 5.74) is 4.82. The molecule has 0 aliphatic rings. The van der Waals surface area contributed by atoms with Gasteiger partial charge < -0.3 is 14.8 Å². The van der Waals surface area contributed by atoms with Crippen molar-refractivity contribution in [3.05, 3.63) is 59.7 Å². The van der Waals surface area contributed by atoms with E-state index in [4.69, 9.17) is 9.47 Å². The summed E-state index contributed by atoms with van der Waals surface area (Å²) in [5, 5.41) is 6.81. The van der Waals surface area contributed by atoms with Crippen molar-refractivity contribution >= 4 is 17.5 Å². The van der Waals surface area contributed by atoms with Gasteiger partial charge in [0.25, 0.3) is 0 Å². The predicted molar refractivity (Wildman–Crippen MR) is 107 cm³/mol. The Labute approximate surface area is 164 Å². The van der Waals surface area contributed by atoms with E-state index in [0.29, 0.717) is 12.3 Å². The van der Waals surface area contributed by atoms with Crippen LogP contribution in [0.1, 0.15) is 24.5 Å². The largest absolute Gasteiger partial charge is 0.497 e. The van der Waals surface area contributed by atoms with E-state index in [1.165, 1.54) is 0 Å². The summed E-state index contributed by atoms with van der Waals surface area (Å²) < 4.78 is 10.2. The van der Waals surface area contributed by atoms with E-state index in [0.717, 1.165) is 22.6 Å². The quantitative estimate of drug-likeness (QED) is 0.514. The fourth-order valence-corrected chi connectivity index (χ4v) is 2.40. The zero-order valence-electron chi connectivity index (χ0n) is 16.3. The number of rotatable bonds is 9. The molecular formula is C21H25N3O4. The number of carbonyl (C=O) groups is 2. The molecule has 0 bridgehead atoms. The number of nitrogens with zero attached hydrogens (tertiary/aromatic N) is 1. The molecule has 0 atom stereocenters. The molecule has 0 saturated heterocycles. The average Bonchev–Trinajstić information content (AvgIpc) is 2.71. The van der Waals surface area contributed by atoms with Crippen molar-refractivity contribution in [1.29, 1.82) is 0 Å². The fourth-order valence-electron chi connectivity index (χ4n) is 2.40. The summed E-state index contributed by atoms with van der Waals surface area (Å²) in [6.07, 6.45) is 0.309. The van der Waals surface area contributed by atoms with Gasteiger partial charge in [0.2, 0.25) is 11.8 Å². The molecule has 0 aromatic heterocycles. The van der Waals surface area contributed by atoms with Gasteiger partial charge in [-0.15, -0.1) is 0 Å². The molecule has 2 aromatic carbocycles. The minimum atomic E-state index is -0.247. The Morgan fingerprint density at radius 1 is 0.857 bits per heavy atom. The molecule has 148 valence electrons. The van der Waals surface area contributed by atoms with Crippen LogP contribution in [0.15, 0.2) is 53.6 Å². The molecule has 28 heavy (non-hydrogen) atoms. The minimum Gasteiger partial charge on any atom is -0.497 e. The number of hydrazone groups is 1.